The molecule has 1 aliphatic carbocycles. The number of carbonyl (C=O) groups is 1. The smallest absolute Gasteiger partial charge is 0.338 e. The molecule has 0 aromatic heterocycles. The Morgan fingerprint density at radius 2 is 1.18 bits per heavy atom. The number of carbonyl (C=O) groups excluding carboxylic acids is 1. The van der Waals surface area contributed by atoms with Crippen LogP contribution in [0.5, 0.6) is 11.5 Å². The van der Waals surface area contributed by atoms with E-state index in [-0.39, 0.29) is 19.2 Å². The number of hydrogen-bond donors (Lipinski definition) is 0. The monoisotopic (exact) mass is 528 g/mol. The van der Waals surface area contributed by atoms with E-state index in [1.807, 2.05) is 48.5 Å². The van der Waals surface area contributed by atoms with Gasteiger partial charge in [0.2, 0.25) is 0 Å². The molecule has 5 aromatic rings. The van der Waals surface area contributed by atoms with Crippen LogP contribution < -0.4 is 9.47 Å². The summed E-state index contributed by atoms with van der Waals surface area (Å²) in [6.07, 6.45) is 5.79. The average Bonchev–Trinajstić information content (AvgIpc) is 3.09. The fraction of sp³-hybridized carbons (Fsp3) is 0.250. The lowest BCUT2D eigenvalue weighted by molar-refractivity contribution is 0.00319. The van der Waals surface area contributed by atoms with Gasteiger partial charge in [-0.25, -0.2) is 4.79 Å². The minimum atomic E-state index is -0.567. The number of hydrogen-bond acceptors (Lipinski definition) is 4. The molecule has 2 aliphatic rings. The fourth-order valence-corrected chi connectivity index (χ4v) is 6.29. The van der Waals surface area contributed by atoms with E-state index in [4.69, 9.17) is 14.2 Å². The SMILES string of the molecule is O=C(OC1COc2ccc3ccccc3c2-c2c(ccc3ccccc23)OC1)c1ccc(C2CCCCC2)cc1. The van der Waals surface area contributed by atoms with Gasteiger partial charge in [-0.15, -0.1) is 0 Å². The molecule has 0 amide bonds. The predicted molar refractivity (Wildman–Crippen MR) is 159 cm³/mol. The van der Waals surface area contributed by atoms with Gasteiger partial charge >= 0.3 is 5.97 Å². The summed E-state index contributed by atoms with van der Waals surface area (Å²) in [4.78, 5) is 13.2. The predicted octanol–water partition coefficient (Wildman–Crippen LogP) is 8.70. The summed E-state index contributed by atoms with van der Waals surface area (Å²) in [6, 6.07) is 32.8. The van der Waals surface area contributed by atoms with Gasteiger partial charge in [-0.1, -0.05) is 92.1 Å². The molecular formula is C36H32O4. The van der Waals surface area contributed by atoms with Crippen LogP contribution in [0.3, 0.4) is 0 Å². The largest absolute Gasteiger partial charge is 0.489 e. The van der Waals surface area contributed by atoms with Crippen LogP contribution in [-0.4, -0.2) is 25.3 Å². The Morgan fingerprint density at radius 3 is 1.75 bits per heavy atom. The quantitative estimate of drug-likeness (QED) is 0.220. The highest BCUT2D eigenvalue weighted by atomic mass is 16.6. The first-order valence-corrected chi connectivity index (χ1v) is 14.3. The highest BCUT2D eigenvalue weighted by Gasteiger charge is 2.25. The van der Waals surface area contributed by atoms with Gasteiger partial charge in [0.25, 0.3) is 0 Å². The molecule has 1 heterocycles. The second-order valence-corrected chi connectivity index (χ2v) is 10.9. The number of fused-ring (bicyclic) bond motifs is 7. The van der Waals surface area contributed by atoms with Crippen LogP contribution in [0.1, 0.15) is 53.9 Å². The molecule has 200 valence electrons. The Hall–Kier alpha value is -4.31. The second kappa shape index (κ2) is 10.7. The van der Waals surface area contributed by atoms with E-state index in [9.17, 15) is 4.79 Å². The van der Waals surface area contributed by atoms with Crippen molar-refractivity contribution >= 4 is 27.5 Å². The maximum Gasteiger partial charge on any atom is 0.338 e. The summed E-state index contributed by atoms with van der Waals surface area (Å²) >= 11 is 0. The van der Waals surface area contributed by atoms with Crippen LogP contribution in [0.2, 0.25) is 0 Å². The standard InChI is InChI=1S/C36H32O4/c37-36(28-16-14-25(15-17-28)24-8-2-1-3-9-24)40-29-22-38-32-20-18-26-10-4-6-12-30(26)34(32)35-31-13-7-5-11-27(31)19-21-33(35)39-23-29/h4-7,10-21,24,29H,1-3,8-9,22-23H2. The molecule has 1 saturated carbocycles. The number of benzene rings is 5. The Morgan fingerprint density at radius 1 is 0.625 bits per heavy atom. The van der Waals surface area contributed by atoms with E-state index in [0.29, 0.717) is 11.5 Å². The van der Waals surface area contributed by atoms with Crippen LogP contribution in [0.4, 0.5) is 0 Å². The Kier molecular flexibility index (Phi) is 6.60. The summed E-state index contributed by atoms with van der Waals surface area (Å²) in [5.74, 6) is 1.74. The minimum absolute atomic E-state index is 0.198. The van der Waals surface area contributed by atoms with Crippen LogP contribution in [-0.2, 0) is 4.74 Å². The van der Waals surface area contributed by atoms with Crippen molar-refractivity contribution in [2.24, 2.45) is 0 Å². The van der Waals surface area contributed by atoms with Crippen molar-refractivity contribution in [3.8, 4) is 22.6 Å². The molecule has 1 fully saturated rings. The van der Waals surface area contributed by atoms with Gasteiger partial charge in [-0.05, 0) is 70.1 Å². The zero-order chi connectivity index (χ0) is 26.9. The molecule has 0 unspecified atom stereocenters. The first-order valence-electron chi connectivity index (χ1n) is 14.3. The lowest BCUT2D eigenvalue weighted by atomic mass is 9.84. The molecule has 0 radical (unpaired) electrons. The molecule has 7 rings (SSSR count). The molecular weight excluding hydrogens is 496 g/mol. The van der Waals surface area contributed by atoms with Gasteiger partial charge in [-0.3, -0.25) is 0 Å². The highest BCUT2D eigenvalue weighted by Crippen LogP contribution is 2.46. The van der Waals surface area contributed by atoms with Crippen LogP contribution in [0.25, 0.3) is 32.7 Å². The van der Waals surface area contributed by atoms with Gasteiger partial charge in [0.1, 0.15) is 24.7 Å². The lowest BCUT2D eigenvalue weighted by Crippen LogP contribution is -2.31. The van der Waals surface area contributed by atoms with Crippen LogP contribution in [0.15, 0.2) is 97.1 Å². The molecule has 0 N–H and O–H groups in total. The topological polar surface area (TPSA) is 44.8 Å². The second-order valence-electron chi connectivity index (χ2n) is 10.9. The zero-order valence-corrected chi connectivity index (χ0v) is 22.5. The van der Waals surface area contributed by atoms with Crippen molar-refractivity contribution in [1.82, 2.24) is 0 Å². The first kappa shape index (κ1) is 24.7. The summed E-state index contributed by atoms with van der Waals surface area (Å²) in [5, 5.41) is 4.44. The van der Waals surface area contributed by atoms with E-state index < -0.39 is 6.10 Å². The van der Waals surface area contributed by atoms with Gasteiger partial charge in [0.15, 0.2) is 6.10 Å². The van der Waals surface area contributed by atoms with Gasteiger partial charge in [-0.2, -0.15) is 0 Å². The Bertz CT molecular complexity index is 1590. The van der Waals surface area contributed by atoms with Crippen molar-refractivity contribution in [1.29, 1.82) is 0 Å². The van der Waals surface area contributed by atoms with Crippen LogP contribution in [0, 0.1) is 0 Å². The van der Waals surface area contributed by atoms with Gasteiger partial charge < -0.3 is 14.2 Å². The minimum Gasteiger partial charge on any atom is -0.489 e. The number of ether oxygens (including phenoxy) is 3. The molecule has 0 spiro atoms. The molecule has 4 nitrogen and oxygen atoms in total. The maximum absolute atomic E-state index is 13.2. The van der Waals surface area contributed by atoms with Gasteiger partial charge in [0.05, 0.1) is 5.56 Å². The van der Waals surface area contributed by atoms with Crippen molar-refractivity contribution < 1.29 is 19.0 Å². The molecule has 0 atom stereocenters. The molecule has 0 bridgehead atoms. The number of rotatable bonds is 3. The summed E-state index contributed by atoms with van der Waals surface area (Å²) in [5.41, 5.74) is 3.86. The van der Waals surface area contributed by atoms with E-state index in [1.165, 1.54) is 37.7 Å². The third-order valence-corrected chi connectivity index (χ3v) is 8.38. The van der Waals surface area contributed by atoms with Crippen molar-refractivity contribution in [3.05, 3.63) is 108 Å². The van der Waals surface area contributed by atoms with E-state index >= 15 is 0 Å². The molecule has 0 saturated heterocycles. The fourth-order valence-electron chi connectivity index (χ4n) is 6.29. The van der Waals surface area contributed by atoms with Crippen molar-refractivity contribution in [2.45, 2.75) is 44.1 Å². The van der Waals surface area contributed by atoms with Gasteiger partial charge in [0, 0.05) is 11.1 Å². The number of esters is 1. The van der Waals surface area contributed by atoms with E-state index in [2.05, 4.69) is 48.5 Å². The van der Waals surface area contributed by atoms with Crippen LogP contribution >= 0.6 is 0 Å². The first-order chi connectivity index (χ1) is 19.7. The van der Waals surface area contributed by atoms with E-state index in [0.717, 1.165) is 44.2 Å². The lowest BCUT2D eigenvalue weighted by Gasteiger charge is -2.22. The van der Waals surface area contributed by atoms with Crippen molar-refractivity contribution in [2.75, 3.05) is 13.2 Å². The van der Waals surface area contributed by atoms with Crippen molar-refractivity contribution in [3.63, 3.8) is 0 Å². The molecule has 40 heavy (non-hydrogen) atoms. The Labute approximate surface area is 234 Å². The summed E-state index contributed by atoms with van der Waals surface area (Å²) in [7, 11) is 0. The third kappa shape index (κ3) is 4.68. The molecule has 1 aliphatic heterocycles. The maximum atomic E-state index is 13.2. The van der Waals surface area contributed by atoms with E-state index in [1.54, 1.807) is 0 Å². The normalized spacial score (nSPS) is 16.1. The third-order valence-electron chi connectivity index (χ3n) is 8.38. The molecule has 5 aromatic carbocycles. The summed E-state index contributed by atoms with van der Waals surface area (Å²) in [6.45, 7) is 0.395. The average molecular weight is 529 g/mol. The highest BCUT2D eigenvalue weighted by molar-refractivity contribution is 6.09. The zero-order valence-electron chi connectivity index (χ0n) is 22.5. The Balaban J connectivity index is 1.21. The molecule has 4 heteroatoms. The summed E-state index contributed by atoms with van der Waals surface area (Å²) < 4.78 is 18.8.